The van der Waals surface area contributed by atoms with Crippen LogP contribution in [0.1, 0.15) is 34.9 Å². The second-order valence-electron chi connectivity index (χ2n) is 5.17. The van der Waals surface area contributed by atoms with Crippen LogP contribution in [0.2, 0.25) is 0 Å². The highest BCUT2D eigenvalue weighted by molar-refractivity contribution is 5.52. The molecule has 6 heteroatoms. The average molecular weight is 310 g/mol. The van der Waals surface area contributed by atoms with Crippen LogP contribution in [-0.4, -0.2) is 4.98 Å². The van der Waals surface area contributed by atoms with Crippen molar-refractivity contribution in [2.24, 2.45) is 0 Å². The molecule has 0 atom stereocenters. The van der Waals surface area contributed by atoms with Crippen molar-refractivity contribution < 1.29 is 13.2 Å². The number of benzene rings is 1. The van der Waals surface area contributed by atoms with Crippen LogP contribution in [0.5, 0.6) is 0 Å². The monoisotopic (exact) mass is 310 g/mol. The number of rotatable bonds is 3. The fourth-order valence-corrected chi connectivity index (χ4v) is 2.54. The summed E-state index contributed by atoms with van der Waals surface area (Å²) >= 11 is 0. The zero-order valence-corrected chi connectivity index (χ0v) is 12.3. The van der Waals surface area contributed by atoms with Crippen molar-refractivity contribution >= 4 is 5.69 Å². The van der Waals surface area contributed by atoms with Crippen molar-refractivity contribution in [3.63, 3.8) is 0 Å². The van der Waals surface area contributed by atoms with E-state index in [-0.39, 0.29) is 11.2 Å². The molecule has 0 fully saturated rings. The molecule has 0 aliphatic carbocycles. The van der Waals surface area contributed by atoms with Gasteiger partial charge in [0.15, 0.2) is 0 Å². The number of nitrogen functional groups attached to an aromatic ring is 1. The highest BCUT2D eigenvalue weighted by Gasteiger charge is 2.29. The lowest BCUT2D eigenvalue weighted by atomic mass is 9.96. The van der Waals surface area contributed by atoms with E-state index in [1.165, 1.54) is 12.1 Å². The van der Waals surface area contributed by atoms with Gasteiger partial charge in [0, 0.05) is 12.1 Å². The topological polar surface area (TPSA) is 58.9 Å². The van der Waals surface area contributed by atoms with Crippen LogP contribution in [0.25, 0.3) is 0 Å². The third-order valence-corrected chi connectivity index (χ3v) is 3.70. The number of nitrogens with two attached hydrogens (primary N) is 1. The summed E-state index contributed by atoms with van der Waals surface area (Å²) in [6.07, 6.45) is -3.34. The lowest BCUT2D eigenvalue weighted by Gasteiger charge is -2.14. The Morgan fingerprint density at radius 3 is 2.23 bits per heavy atom. The summed E-state index contributed by atoms with van der Waals surface area (Å²) in [5.41, 5.74) is 7.95. The van der Waals surface area contributed by atoms with Gasteiger partial charge in [-0.15, -0.1) is 0 Å². The lowest BCUT2D eigenvalue weighted by Crippen LogP contribution is -2.19. The first-order valence-electron chi connectivity index (χ1n) is 6.90. The Morgan fingerprint density at radius 1 is 1.14 bits per heavy atom. The number of nitrogens with one attached hydrogen (secondary N) is 1. The number of aromatic amines is 1. The molecule has 0 radical (unpaired) electrons. The van der Waals surface area contributed by atoms with Crippen LogP contribution in [0, 0.1) is 6.92 Å². The molecule has 0 aliphatic heterocycles. The van der Waals surface area contributed by atoms with E-state index >= 15 is 0 Å². The van der Waals surface area contributed by atoms with E-state index < -0.39 is 11.7 Å². The zero-order valence-electron chi connectivity index (χ0n) is 12.3. The number of alkyl halides is 3. The molecule has 3 N–H and O–H groups in total. The number of H-pyrrole nitrogens is 1. The van der Waals surface area contributed by atoms with Gasteiger partial charge in [-0.1, -0.05) is 19.1 Å². The van der Waals surface area contributed by atoms with Crippen molar-refractivity contribution in [3.8, 4) is 0 Å². The third-order valence-electron chi connectivity index (χ3n) is 3.70. The molecule has 118 valence electrons. The van der Waals surface area contributed by atoms with Crippen LogP contribution in [0.15, 0.2) is 29.1 Å². The Labute approximate surface area is 126 Å². The van der Waals surface area contributed by atoms with Gasteiger partial charge in [0.05, 0.1) is 5.56 Å². The van der Waals surface area contributed by atoms with E-state index in [1.807, 2.05) is 6.92 Å². The fraction of sp³-hybridized carbons (Fsp3) is 0.312. The first-order chi connectivity index (χ1) is 10.2. The molecule has 0 spiro atoms. The van der Waals surface area contributed by atoms with Gasteiger partial charge in [-0.3, -0.25) is 4.79 Å². The molecule has 0 unspecified atom stereocenters. The highest BCUT2D eigenvalue weighted by atomic mass is 19.4. The summed E-state index contributed by atoms with van der Waals surface area (Å²) in [6, 6.07) is 4.91. The van der Waals surface area contributed by atoms with E-state index in [2.05, 4.69) is 4.98 Å². The van der Waals surface area contributed by atoms with E-state index in [0.29, 0.717) is 24.0 Å². The summed E-state index contributed by atoms with van der Waals surface area (Å²) < 4.78 is 37.7. The average Bonchev–Trinajstić information content (AvgIpc) is 2.44. The molecule has 1 aromatic carbocycles. The SMILES string of the molecule is CCc1c(C)[nH]c(=O)c(N)c1Cc1ccc(C(F)(F)F)cc1. The molecule has 0 amide bonds. The minimum absolute atomic E-state index is 0.127. The summed E-state index contributed by atoms with van der Waals surface area (Å²) in [4.78, 5) is 14.5. The Bertz CT molecular complexity index is 731. The molecular weight excluding hydrogens is 293 g/mol. The van der Waals surface area contributed by atoms with Crippen LogP contribution >= 0.6 is 0 Å². The predicted molar refractivity (Wildman–Crippen MR) is 79.8 cm³/mol. The molecule has 2 rings (SSSR count). The molecule has 22 heavy (non-hydrogen) atoms. The smallest absolute Gasteiger partial charge is 0.394 e. The summed E-state index contributed by atoms with van der Waals surface area (Å²) in [7, 11) is 0. The van der Waals surface area contributed by atoms with Crippen LogP contribution in [0.3, 0.4) is 0 Å². The second-order valence-corrected chi connectivity index (χ2v) is 5.17. The van der Waals surface area contributed by atoms with Gasteiger partial charge in [-0.2, -0.15) is 13.2 Å². The normalized spacial score (nSPS) is 11.7. The van der Waals surface area contributed by atoms with Crippen LogP contribution in [-0.2, 0) is 19.0 Å². The predicted octanol–water partition coefficient (Wildman–Crippen LogP) is 3.44. The largest absolute Gasteiger partial charge is 0.416 e. The maximum atomic E-state index is 12.6. The number of hydrogen-bond donors (Lipinski definition) is 2. The third kappa shape index (κ3) is 3.16. The minimum atomic E-state index is -4.35. The first-order valence-corrected chi connectivity index (χ1v) is 6.90. The number of pyridine rings is 1. The summed E-state index contributed by atoms with van der Waals surface area (Å²) in [5.74, 6) is 0. The molecule has 3 nitrogen and oxygen atoms in total. The highest BCUT2D eigenvalue weighted by Crippen LogP contribution is 2.30. The van der Waals surface area contributed by atoms with Gasteiger partial charge >= 0.3 is 6.18 Å². The Kier molecular flexibility index (Phi) is 4.30. The molecule has 1 heterocycles. The van der Waals surface area contributed by atoms with Gasteiger partial charge in [-0.25, -0.2) is 0 Å². The van der Waals surface area contributed by atoms with Gasteiger partial charge < -0.3 is 10.7 Å². The lowest BCUT2D eigenvalue weighted by molar-refractivity contribution is -0.137. The Hall–Kier alpha value is -2.24. The maximum absolute atomic E-state index is 12.6. The quantitative estimate of drug-likeness (QED) is 0.912. The number of aryl methyl sites for hydroxylation is 1. The van der Waals surface area contributed by atoms with E-state index in [9.17, 15) is 18.0 Å². The van der Waals surface area contributed by atoms with Gasteiger partial charge in [0.25, 0.3) is 5.56 Å². The number of anilines is 1. The van der Waals surface area contributed by atoms with Crippen molar-refractivity contribution in [2.45, 2.75) is 32.9 Å². The maximum Gasteiger partial charge on any atom is 0.416 e. The van der Waals surface area contributed by atoms with Crippen LogP contribution < -0.4 is 11.3 Å². The van der Waals surface area contributed by atoms with E-state index in [4.69, 9.17) is 5.73 Å². The van der Waals surface area contributed by atoms with Crippen molar-refractivity contribution in [2.75, 3.05) is 5.73 Å². The Balaban J connectivity index is 2.41. The van der Waals surface area contributed by atoms with Crippen molar-refractivity contribution in [1.29, 1.82) is 0 Å². The van der Waals surface area contributed by atoms with Gasteiger partial charge in [0.1, 0.15) is 5.69 Å². The zero-order chi connectivity index (χ0) is 16.5. The molecular formula is C16H17F3N2O. The molecule has 0 aliphatic rings. The van der Waals surface area contributed by atoms with E-state index in [0.717, 1.165) is 23.4 Å². The van der Waals surface area contributed by atoms with Crippen molar-refractivity contribution in [1.82, 2.24) is 4.98 Å². The fourth-order valence-electron chi connectivity index (χ4n) is 2.54. The molecule has 0 saturated carbocycles. The van der Waals surface area contributed by atoms with Crippen LogP contribution in [0.4, 0.5) is 18.9 Å². The number of hydrogen-bond acceptors (Lipinski definition) is 2. The first kappa shape index (κ1) is 16.1. The Morgan fingerprint density at radius 2 is 1.73 bits per heavy atom. The molecule has 2 aromatic rings. The van der Waals surface area contributed by atoms with E-state index in [1.54, 1.807) is 6.92 Å². The van der Waals surface area contributed by atoms with Crippen molar-refractivity contribution in [3.05, 3.63) is 62.6 Å². The second kappa shape index (κ2) is 5.87. The summed E-state index contributed by atoms with van der Waals surface area (Å²) in [5, 5.41) is 0. The standard InChI is InChI=1S/C16H17F3N2O/c1-3-12-9(2)21-15(22)14(20)13(12)8-10-4-6-11(7-5-10)16(17,18)19/h4-7H,3,8,20H2,1-2H3,(H,21,22). The number of aromatic nitrogens is 1. The molecule has 0 saturated heterocycles. The molecule has 0 bridgehead atoms. The van der Waals surface area contributed by atoms with Gasteiger partial charge in [0.2, 0.25) is 0 Å². The number of halogens is 3. The molecule has 1 aromatic heterocycles. The summed E-state index contributed by atoms with van der Waals surface area (Å²) in [6.45, 7) is 3.73. The minimum Gasteiger partial charge on any atom is -0.394 e. The van der Waals surface area contributed by atoms with Gasteiger partial charge in [-0.05, 0) is 42.2 Å².